The lowest BCUT2D eigenvalue weighted by Crippen LogP contribution is -2.62. The molecular weight excluding hydrogens is 172 g/mol. The Morgan fingerprint density at radius 2 is 2.25 bits per heavy atom. The van der Waals surface area contributed by atoms with Crippen molar-refractivity contribution in [1.82, 2.24) is 5.32 Å². The van der Waals surface area contributed by atoms with Crippen LogP contribution in [0.5, 0.6) is 0 Å². The molecule has 2 unspecified atom stereocenters. The molecule has 1 aliphatic carbocycles. The zero-order valence-corrected chi connectivity index (χ0v) is 8.57. The third-order valence-corrected chi connectivity index (χ3v) is 2.90. The summed E-state index contributed by atoms with van der Waals surface area (Å²) in [6.07, 6.45) is 1.31. The summed E-state index contributed by atoms with van der Waals surface area (Å²) < 4.78 is 5.29. The van der Waals surface area contributed by atoms with Gasteiger partial charge in [0, 0.05) is 18.6 Å². The number of nitrogens with one attached hydrogen (secondary N) is 1. The zero-order valence-electron chi connectivity index (χ0n) is 7.76. The minimum absolute atomic E-state index is 0.137. The van der Waals surface area contributed by atoms with Crippen molar-refractivity contribution in [2.75, 3.05) is 7.11 Å². The lowest BCUT2D eigenvalue weighted by molar-refractivity contribution is -0.0919. The number of nitrogens with two attached hydrogens (primary N) is 1. The van der Waals surface area contributed by atoms with Crippen LogP contribution < -0.4 is 11.1 Å². The van der Waals surface area contributed by atoms with E-state index < -0.39 is 0 Å². The summed E-state index contributed by atoms with van der Waals surface area (Å²) in [4.78, 5) is 0. The molecule has 2 atom stereocenters. The van der Waals surface area contributed by atoms with Crippen LogP contribution in [-0.2, 0) is 4.74 Å². The quantitative estimate of drug-likeness (QED) is 0.624. The van der Waals surface area contributed by atoms with Crippen LogP contribution in [0.4, 0.5) is 0 Å². The van der Waals surface area contributed by atoms with Gasteiger partial charge >= 0.3 is 0 Å². The standard InChI is InChI=1S/C8H16N2OS/c1-8(2)5(10-7(9)12)4-6(8)11-3/h5-6H,4H2,1-3H3,(H3,9,10,12). The fourth-order valence-electron chi connectivity index (χ4n) is 1.70. The monoisotopic (exact) mass is 188 g/mol. The first-order valence-electron chi connectivity index (χ1n) is 4.07. The van der Waals surface area contributed by atoms with Crippen molar-refractivity contribution in [2.45, 2.75) is 32.4 Å². The lowest BCUT2D eigenvalue weighted by Gasteiger charge is -2.51. The summed E-state index contributed by atoms with van der Waals surface area (Å²) in [5.74, 6) is 0. The van der Waals surface area contributed by atoms with Crippen LogP contribution >= 0.6 is 12.2 Å². The Hall–Kier alpha value is -0.350. The van der Waals surface area contributed by atoms with Gasteiger partial charge in [0.2, 0.25) is 0 Å². The van der Waals surface area contributed by atoms with Gasteiger partial charge in [0.05, 0.1) is 6.10 Å². The van der Waals surface area contributed by atoms with E-state index in [9.17, 15) is 0 Å². The van der Waals surface area contributed by atoms with Crippen molar-refractivity contribution in [3.8, 4) is 0 Å². The molecule has 0 amide bonds. The topological polar surface area (TPSA) is 47.3 Å². The third kappa shape index (κ3) is 1.54. The summed E-state index contributed by atoms with van der Waals surface area (Å²) in [6.45, 7) is 4.31. The Kier molecular flexibility index (Phi) is 2.58. The number of hydrogen-bond acceptors (Lipinski definition) is 2. The molecule has 1 fully saturated rings. The van der Waals surface area contributed by atoms with E-state index in [-0.39, 0.29) is 5.41 Å². The Morgan fingerprint density at radius 1 is 1.67 bits per heavy atom. The van der Waals surface area contributed by atoms with Gasteiger partial charge in [-0.3, -0.25) is 0 Å². The van der Waals surface area contributed by atoms with E-state index in [1.165, 1.54) is 0 Å². The van der Waals surface area contributed by atoms with Gasteiger partial charge in [0.25, 0.3) is 0 Å². The molecule has 1 saturated carbocycles. The predicted molar refractivity (Wildman–Crippen MR) is 52.9 cm³/mol. The lowest BCUT2D eigenvalue weighted by atomic mass is 9.64. The average Bonchev–Trinajstić information content (AvgIpc) is 1.96. The Labute approximate surface area is 78.7 Å². The van der Waals surface area contributed by atoms with Crippen molar-refractivity contribution in [3.63, 3.8) is 0 Å². The molecule has 0 saturated heterocycles. The van der Waals surface area contributed by atoms with Crippen LogP contribution in [-0.4, -0.2) is 24.4 Å². The molecule has 0 spiro atoms. The van der Waals surface area contributed by atoms with Crippen molar-refractivity contribution in [3.05, 3.63) is 0 Å². The maximum absolute atomic E-state index is 5.39. The van der Waals surface area contributed by atoms with Gasteiger partial charge in [-0.15, -0.1) is 0 Å². The molecule has 0 aliphatic heterocycles. The molecule has 1 rings (SSSR count). The van der Waals surface area contributed by atoms with Crippen molar-refractivity contribution in [2.24, 2.45) is 11.1 Å². The largest absolute Gasteiger partial charge is 0.381 e. The van der Waals surface area contributed by atoms with Crippen LogP contribution in [0.2, 0.25) is 0 Å². The number of methoxy groups -OCH3 is 1. The molecule has 3 N–H and O–H groups in total. The first-order valence-corrected chi connectivity index (χ1v) is 4.48. The molecular formula is C8H16N2OS. The van der Waals surface area contributed by atoms with E-state index in [1.54, 1.807) is 7.11 Å². The number of rotatable bonds is 2. The smallest absolute Gasteiger partial charge is 0.163 e. The minimum Gasteiger partial charge on any atom is -0.381 e. The number of thiocarbonyl (C=S) groups is 1. The van der Waals surface area contributed by atoms with E-state index >= 15 is 0 Å². The summed E-state index contributed by atoms with van der Waals surface area (Å²) >= 11 is 4.78. The van der Waals surface area contributed by atoms with E-state index in [1.807, 2.05) is 0 Å². The fraction of sp³-hybridized carbons (Fsp3) is 0.875. The second-order valence-corrected chi connectivity index (χ2v) is 4.28. The van der Waals surface area contributed by atoms with Crippen LogP contribution in [0, 0.1) is 5.41 Å². The fourth-order valence-corrected chi connectivity index (χ4v) is 1.84. The van der Waals surface area contributed by atoms with Crippen LogP contribution in [0.25, 0.3) is 0 Å². The van der Waals surface area contributed by atoms with Crippen molar-refractivity contribution in [1.29, 1.82) is 0 Å². The Bertz CT molecular complexity index is 193. The molecule has 70 valence electrons. The maximum Gasteiger partial charge on any atom is 0.163 e. The van der Waals surface area contributed by atoms with Gasteiger partial charge in [-0.05, 0) is 18.6 Å². The number of ether oxygens (including phenoxy) is 1. The molecule has 3 nitrogen and oxygen atoms in total. The van der Waals surface area contributed by atoms with Gasteiger partial charge < -0.3 is 15.8 Å². The zero-order chi connectivity index (χ0) is 9.35. The molecule has 0 aromatic rings. The first-order chi connectivity index (χ1) is 5.48. The highest BCUT2D eigenvalue weighted by atomic mass is 32.1. The van der Waals surface area contributed by atoms with Crippen LogP contribution in [0.1, 0.15) is 20.3 Å². The molecule has 1 aliphatic rings. The van der Waals surface area contributed by atoms with E-state index in [2.05, 4.69) is 19.2 Å². The normalized spacial score (nSPS) is 32.2. The highest BCUT2D eigenvalue weighted by Crippen LogP contribution is 2.42. The summed E-state index contributed by atoms with van der Waals surface area (Å²) in [5.41, 5.74) is 5.53. The maximum atomic E-state index is 5.39. The summed E-state index contributed by atoms with van der Waals surface area (Å²) in [5, 5.41) is 3.44. The van der Waals surface area contributed by atoms with Gasteiger partial charge in [-0.25, -0.2) is 0 Å². The highest BCUT2D eigenvalue weighted by molar-refractivity contribution is 7.80. The predicted octanol–water partition coefficient (Wildman–Crippen LogP) is 0.633. The van der Waals surface area contributed by atoms with Gasteiger partial charge in [0.1, 0.15) is 0 Å². The molecule has 12 heavy (non-hydrogen) atoms. The highest BCUT2D eigenvalue weighted by Gasteiger charge is 2.48. The molecule has 0 bridgehead atoms. The first kappa shape index (κ1) is 9.74. The van der Waals surface area contributed by atoms with Gasteiger partial charge in [-0.2, -0.15) is 0 Å². The molecule has 0 radical (unpaired) electrons. The van der Waals surface area contributed by atoms with E-state index in [4.69, 9.17) is 22.7 Å². The minimum atomic E-state index is 0.137. The van der Waals surface area contributed by atoms with Crippen LogP contribution in [0.15, 0.2) is 0 Å². The Morgan fingerprint density at radius 3 is 2.58 bits per heavy atom. The molecule has 0 aromatic carbocycles. The van der Waals surface area contributed by atoms with Gasteiger partial charge in [-0.1, -0.05) is 13.8 Å². The summed E-state index contributed by atoms with van der Waals surface area (Å²) in [6, 6.07) is 0.361. The molecule has 4 heteroatoms. The average molecular weight is 188 g/mol. The van der Waals surface area contributed by atoms with E-state index in [0.29, 0.717) is 17.3 Å². The number of hydrogen-bond donors (Lipinski definition) is 2. The summed E-state index contributed by atoms with van der Waals surface area (Å²) in [7, 11) is 1.74. The second-order valence-electron chi connectivity index (χ2n) is 3.84. The Balaban J connectivity index is 2.47. The van der Waals surface area contributed by atoms with E-state index in [0.717, 1.165) is 6.42 Å². The molecule has 0 heterocycles. The van der Waals surface area contributed by atoms with Crippen LogP contribution in [0.3, 0.4) is 0 Å². The molecule has 0 aromatic heterocycles. The third-order valence-electron chi connectivity index (χ3n) is 2.78. The van der Waals surface area contributed by atoms with Crippen molar-refractivity contribution < 1.29 is 4.74 Å². The SMILES string of the molecule is COC1CC(NC(N)=S)C1(C)C. The second kappa shape index (κ2) is 3.18. The van der Waals surface area contributed by atoms with Gasteiger partial charge in [0.15, 0.2) is 5.11 Å². The van der Waals surface area contributed by atoms with Crippen molar-refractivity contribution >= 4 is 17.3 Å².